The number of para-hydroxylation sites is 1. The van der Waals surface area contributed by atoms with Gasteiger partial charge in [-0.2, -0.15) is 13.2 Å². The maximum atomic E-state index is 14.0. The molecular formula is C29H27F3N4O3. The molecule has 0 fully saturated rings. The number of carbonyl (C=O) groups is 1. The lowest BCUT2D eigenvalue weighted by atomic mass is 10.0. The van der Waals surface area contributed by atoms with Gasteiger partial charge in [0, 0.05) is 43.3 Å². The maximum Gasteiger partial charge on any atom is 0.411 e. The first-order chi connectivity index (χ1) is 18.8. The van der Waals surface area contributed by atoms with Gasteiger partial charge in [0.1, 0.15) is 18.1 Å². The lowest BCUT2D eigenvalue weighted by molar-refractivity contribution is -0.177. The summed E-state index contributed by atoms with van der Waals surface area (Å²) >= 11 is 0. The molecule has 7 nitrogen and oxygen atoms in total. The molecule has 2 aromatic carbocycles. The fourth-order valence-electron chi connectivity index (χ4n) is 4.74. The zero-order chi connectivity index (χ0) is 27.4. The van der Waals surface area contributed by atoms with E-state index in [0.29, 0.717) is 47.8 Å². The Hall–Kier alpha value is -4.31. The predicted octanol–water partition coefficient (Wildman–Crippen LogP) is 6.04. The van der Waals surface area contributed by atoms with Crippen LogP contribution in [0.25, 0.3) is 11.1 Å². The molecule has 1 aliphatic heterocycles. The third kappa shape index (κ3) is 5.91. The number of benzene rings is 2. The highest BCUT2D eigenvalue weighted by Crippen LogP contribution is 2.41. The fraction of sp³-hybridized carbons (Fsp3) is 0.241. The van der Waals surface area contributed by atoms with E-state index >= 15 is 0 Å². The molecular weight excluding hydrogens is 509 g/mol. The van der Waals surface area contributed by atoms with E-state index in [1.165, 1.54) is 0 Å². The number of rotatable bonds is 9. The third-order valence-corrected chi connectivity index (χ3v) is 6.50. The van der Waals surface area contributed by atoms with Crippen LogP contribution in [0.2, 0.25) is 0 Å². The highest BCUT2D eigenvalue weighted by molar-refractivity contribution is 6.05. The molecule has 0 atom stereocenters. The summed E-state index contributed by atoms with van der Waals surface area (Å²) in [6, 6.07) is 20.4. The van der Waals surface area contributed by atoms with E-state index in [1.54, 1.807) is 41.1 Å². The Morgan fingerprint density at radius 1 is 0.974 bits per heavy atom. The van der Waals surface area contributed by atoms with E-state index in [1.807, 2.05) is 54.6 Å². The molecule has 3 heterocycles. The second-order valence-electron chi connectivity index (χ2n) is 9.11. The molecule has 5 rings (SSSR count). The summed E-state index contributed by atoms with van der Waals surface area (Å²) in [4.78, 5) is 19.8. The molecule has 0 saturated heterocycles. The molecule has 4 aromatic rings. The summed E-state index contributed by atoms with van der Waals surface area (Å²) in [6.07, 6.45) is -1.25. The second-order valence-corrected chi connectivity index (χ2v) is 9.11. The quantitative estimate of drug-likeness (QED) is 0.283. The van der Waals surface area contributed by atoms with Crippen LogP contribution < -0.4 is 10.1 Å². The van der Waals surface area contributed by atoms with Gasteiger partial charge in [0.05, 0.1) is 25.1 Å². The Balaban J connectivity index is 1.59. The molecule has 0 aliphatic carbocycles. The fourth-order valence-corrected chi connectivity index (χ4v) is 4.74. The predicted molar refractivity (Wildman–Crippen MR) is 141 cm³/mol. The molecule has 10 heteroatoms. The van der Waals surface area contributed by atoms with E-state index < -0.39 is 12.8 Å². The number of halogens is 3. The molecule has 202 valence electrons. The number of anilines is 2. The van der Waals surface area contributed by atoms with Gasteiger partial charge in [0.15, 0.2) is 0 Å². The first kappa shape index (κ1) is 26.3. The molecule has 1 aliphatic rings. The first-order valence-electron chi connectivity index (χ1n) is 12.4. The van der Waals surface area contributed by atoms with Crippen molar-refractivity contribution in [1.29, 1.82) is 0 Å². The van der Waals surface area contributed by atoms with Crippen LogP contribution in [0, 0.1) is 0 Å². The van der Waals surface area contributed by atoms with E-state index in [-0.39, 0.29) is 12.5 Å². The third-order valence-electron chi connectivity index (χ3n) is 6.50. The maximum absolute atomic E-state index is 14.0. The topological polar surface area (TPSA) is 68.6 Å². The minimum atomic E-state index is -4.47. The molecule has 0 spiro atoms. The smallest absolute Gasteiger partial charge is 0.411 e. The van der Waals surface area contributed by atoms with Gasteiger partial charge in [-0.1, -0.05) is 30.3 Å². The van der Waals surface area contributed by atoms with Crippen molar-refractivity contribution in [2.45, 2.75) is 25.9 Å². The number of ether oxygens (including phenoxy) is 2. The van der Waals surface area contributed by atoms with Crippen LogP contribution in [-0.2, 0) is 24.4 Å². The van der Waals surface area contributed by atoms with E-state index in [4.69, 9.17) is 9.47 Å². The Morgan fingerprint density at radius 3 is 2.36 bits per heavy atom. The molecule has 1 amide bonds. The Morgan fingerprint density at radius 2 is 1.69 bits per heavy atom. The number of carbonyl (C=O) groups excluding carboxylic acids is 1. The summed E-state index contributed by atoms with van der Waals surface area (Å²) in [5.41, 5.74) is 4.38. The van der Waals surface area contributed by atoms with Crippen molar-refractivity contribution in [3.63, 3.8) is 0 Å². The number of nitrogens with zero attached hydrogens (tertiary/aromatic N) is 3. The molecule has 39 heavy (non-hydrogen) atoms. The summed E-state index contributed by atoms with van der Waals surface area (Å²) in [5, 5.41) is 3.37. The lowest BCUT2D eigenvalue weighted by Gasteiger charge is -2.30. The Labute approximate surface area is 223 Å². The van der Waals surface area contributed by atoms with Crippen molar-refractivity contribution in [3.05, 3.63) is 96.1 Å². The normalized spacial score (nSPS) is 13.3. The molecule has 1 N–H and O–H groups in total. The summed E-state index contributed by atoms with van der Waals surface area (Å²) < 4.78 is 51.0. The van der Waals surface area contributed by atoms with Gasteiger partial charge in [-0.3, -0.25) is 9.78 Å². The number of amides is 1. The first-order valence-corrected chi connectivity index (χ1v) is 12.4. The number of nitrogens with one attached hydrogen (secondary N) is 1. The minimum absolute atomic E-state index is 0.229. The second kappa shape index (κ2) is 11.2. The van der Waals surface area contributed by atoms with Crippen LogP contribution in [0.1, 0.15) is 21.7 Å². The SMILES string of the molecule is COc1ccc(CN2CCn3c(COCC(F)(F)F)c(-c4ccncc4)c(Nc4ccccc4)c3C2=O)cc1. The Bertz CT molecular complexity index is 1420. The van der Waals surface area contributed by atoms with Crippen molar-refractivity contribution < 1.29 is 27.4 Å². The van der Waals surface area contributed by atoms with Crippen LogP contribution in [0.5, 0.6) is 5.75 Å². The zero-order valence-corrected chi connectivity index (χ0v) is 21.2. The lowest BCUT2D eigenvalue weighted by Crippen LogP contribution is -2.40. The molecule has 0 saturated carbocycles. The van der Waals surface area contributed by atoms with Crippen molar-refractivity contribution in [2.24, 2.45) is 0 Å². The van der Waals surface area contributed by atoms with E-state index in [9.17, 15) is 18.0 Å². The van der Waals surface area contributed by atoms with Gasteiger partial charge in [-0.15, -0.1) is 0 Å². The van der Waals surface area contributed by atoms with Crippen molar-refractivity contribution in [3.8, 4) is 16.9 Å². The number of methoxy groups -OCH3 is 1. The number of hydrogen-bond donors (Lipinski definition) is 1. The standard InChI is InChI=1S/C29H27F3N4O3/c1-38-23-9-7-20(8-10-23)17-35-15-16-36-24(18-39-19-29(30,31)32)25(21-11-13-33-14-12-21)26(27(36)28(35)37)34-22-5-3-2-4-6-22/h2-14,34H,15-19H2,1H3. The van der Waals surface area contributed by atoms with Crippen molar-refractivity contribution in [2.75, 3.05) is 25.6 Å². The average molecular weight is 537 g/mol. The zero-order valence-electron chi connectivity index (χ0n) is 21.2. The average Bonchev–Trinajstić information content (AvgIpc) is 3.24. The largest absolute Gasteiger partial charge is 0.497 e. The van der Waals surface area contributed by atoms with Crippen molar-refractivity contribution in [1.82, 2.24) is 14.5 Å². The van der Waals surface area contributed by atoms with Gasteiger partial charge in [0.2, 0.25) is 0 Å². The number of aromatic nitrogens is 2. The number of alkyl halides is 3. The highest BCUT2D eigenvalue weighted by Gasteiger charge is 2.35. The number of fused-ring (bicyclic) bond motifs is 1. The van der Waals surface area contributed by atoms with Crippen molar-refractivity contribution >= 4 is 17.3 Å². The molecule has 0 radical (unpaired) electrons. The van der Waals surface area contributed by atoms with E-state index in [0.717, 1.165) is 17.0 Å². The summed E-state index contributed by atoms with van der Waals surface area (Å²) in [5.74, 6) is 0.491. The molecule has 0 bridgehead atoms. The van der Waals surface area contributed by atoms with Gasteiger partial charge < -0.3 is 24.3 Å². The van der Waals surface area contributed by atoms with Gasteiger partial charge in [-0.05, 0) is 47.5 Å². The number of pyridine rings is 1. The van der Waals surface area contributed by atoms with Crippen LogP contribution in [0.3, 0.4) is 0 Å². The van der Waals surface area contributed by atoms with Gasteiger partial charge >= 0.3 is 6.18 Å². The Kier molecular flexibility index (Phi) is 7.56. The minimum Gasteiger partial charge on any atom is -0.497 e. The van der Waals surface area contributed by atoms with E-state index in [2.05, 4.69) is 10.3 Å². The highest BCUT2D eigenvalue weighted by atomic mass is 19.4. The van der Waals surface area contributed by atoms with Gasteiger partial charge in [0.25, 0.3) is 5.91 Å². The summed E-state index contributed by atoms with van der Waals surface area (Å²) in [6.45, 7) is -0.534. The van der Waals surface area contributed by atoms with Gasteiger partial charge in [-0.25, -0.2) is 0 Å². The van der Waals surface area contributed by atoms with Crippen LogP contribution in [0.4, 0.5) is 24.5 Å². The molecule has 2 aromatic heterocycles. The van der Waals surface area contributed by atoms with Crippen LogP contribution in [0.15, 0.2) is 79.1 Å². The van der Waals surface area contributed by atoms with Crippen LogP contribution in [-0.4, -0.2) is 46.8 Å². The molecule has 0 unspecified atom stereocenters. The number of hydrogen-bond acceptors (Lipinski definition) is 5. The summed E-state index contributed by atoms with van der Waals surface area (Å²) in [7, 11) is 1.59. The van der Waals surface area contributed by atoms with Crippen LogP contribution >= 0.6 is 0 Å². The monoisotopic (exact) mass is 536 g/mol.